The van der Waals surface area contributed by atoms with Crippen LogP contribution in [0.1, 0.15) is 0 Å². The molecule has 0 aliphatic heterocycles. The van der Waals surface area contributed by atoms with Gasteiger partial charge in [0.05, 0.1) is 17.4 Å². The molecule has 1 aromatic carbocycles. The first-order chi connectivity index (χ1) is 12.3. The van der Waals surface area contributed by atoms with Crippen LogP contribution in [0.25, 0.3) is 44.3 Å². The molecule has 4 heterocycles. The first-order valence-electron chi connectivity index (χ1n) is 8.10. The minimum atomic E-state index is 0.877. The number of aromatic nitrogens is 5. The number of pyridine rings is 2. The van der Waals surface area contributed by atoms with Gasteiger partial charge in [-0.25, -0.2) is 4.98 Å². The molecule has 120 valence electrons. The van der Waals surface area contributed by atoms with Crippen LogP contribution in [-0.2, 0) is 7.05 Å². The summed E-state index contributed by atoms with van der Waals surface area (Å²) >= 11 is 0. The number of H-pyrrole nitrogens is 1. The Morgan fingerprint density at radius 3 is 2.88 bits per heavy atom. The van der Waals surface area contributed by atoms with Crippen LogP contribution in [0.2, 0.25) is 0 Å². The second kappa shape index (κ2) is 5.27. The molecule has 1 N–H and O–H groups in total. The number of nitrogens with one attached hydrogen (secondary N) is 1. The fourth-order valence-corrected chi connectivity index (χ4v) is 3.20. The largest absolute Gasteiger partial charge is 0.345 e. The summed E-state index contributed by atoms with van der Waals surface area (Å²) in [4.78, 5) is 12.4. The third kappa shape index (κ3) is 2.29. The van der Waals surface area contributed by atoms with Crippen molar-refractivity contribution in [2.75, 3.05) is 0 Å². The van der Waals surface area contributed by atoms with E-state index in [1.54, 1.807) is 4.68 Å². The topological polar surface area (TPSA) is 59.4 Å². The highest BCUT2D eigenvalue weighted by Gasteiger charge is 2.10. The van der Waals surface area contributed by atoms with Crippen LogP contribution in [0.5, 0.6) is 0 Å². The van der Waals surface area contributed by atoms with E-state index in [-0.39, 0.29) is 0 Å². The molecule has 0 spiro atoms. The van der Waals surface area contributed by atoms with E-state index in [1.807, 2.05) is 44.0 Å². The molecule has 0 saturated carbocycles. The van der Waals surface area contributed by atoms with Gasteiger partial charge in [0, 0.05) is 47.5 Å². The first-order valence-corrected chi connectivity index (χ1v) is 8.10. The highest BCUT2D eigenvalue weighted by atomic mass is 15.2. The van der Waals surface area contributed by atoms with Crippen molar-refractivity contribution in [1.82, 2.24) is 24.7 Å². The normalized spacial score (nSPS) is 11.4. The molecule has 5 aromatic rings. The number of hydrogen-bond acceptors (Lipinski definition) is 3. The summed E-state index contributed by atoms with van der Waals surface area (Å²) in [6.45, 7) is 0. The Morgan fingerprint density at radius 2 is 2.00 bits per heavy atom. The molecular weight excluding hydrogens is 310 g/mol. The zero-order valence-corrected chi connectivity index (χ0v) is 13.6. The maximum absolute atomic E-state index is 4.75. The van der Waals surface area contributed by atoms with E-state index in [0.29, 0.717) is 0 Å². The van der Waals surface area contributed by atoms with Crippen LogP contribution in [-0.4, -0.2) is 24.7 Å². The second-order valence-electron chi connectivity index (χ2n) is 6.11. The maximum atomic E-state index is 4.75. The van der Waals surface area contributed by atoms with Gasteiger partial charge >= 0.3 is 0 Å². The molecule has 25 heavy (non-hydrogen) atoms. The fraction of sp³-hybridized carbons (Fsp3) is 0.0500. The molecule has 0 amide bonds. The van der Waals surface area contributed by atoms with Gasteiger partial charge in [0.1, 0.15) is 5.65 Å². The maximum Gasteiger partial charge on any atom is 0.138 e. The predicted octanol–water partition coefficient (Wildman–Crippen LogP) is 4.18. The van der Waals surface area contributed by atoms with Crippen molar-refractivity contribution in [2.45, 2.75) is 0 Å². The second-order valence-corrected chi connectivity index (χ2v) is 6.11. The summed E-state index contributed by atoms with van der Waals surface area (Å²) in [6.07, 6.45) is 7.63. The Bertz CT molecular complexity index is 1220. The molecule has 0 aliphatic carbocycles. The molecule has 0 aliphatic rings. The summed E-state index contributed by atoms with van der Waals surface area (Å²) in [6, 6.07) is 14.5. The van der Waals surface area contributed by atoms with Gasteiger partial charge in [0.15, 0.2) is 0 Å². The van der Waals surface area contributed by atoms with Crippen molar-refractivity contribution in [3.8, 4) is 22.4 Å². The minimum Gasteiger partial charge on any atom is -0.345 e. The van der Waals surface area contributed by atoms with E-state index in [1.165, 1.54) is 0 Å². The Labute approximate surface area is 144 Å². The summed E-state index contributed by atoms with van der Waals surface area (Å²) in [5, 5.41) is 6.46. The van der Waals surface area contributed by atoms with Crippen molar-refractivity contribution in [3.63, 3.8) is 0 Å². The number of nitrogens with zero attached hydrogens (tertiary/aromatic N) is 4. The molecule has 0 unspecified atom stereocenters. The van der Waals surface area contributed by atoms with Gasteiger partial charge in [0.25, 0.3) is 0 Å². The summed E-state index contributed by atoms with van der Waals surface area (Å²) < 4.78 is 1.78. The van der Waals surface area contributed by atoms with Crippen LogP contribution in [0, 0.1) is 0 Å². The lowest BCUT2D eigenvalue weighted by Gasteiger charge is -2.03. The molecule has 0 radical (unpaired) electrons. The average Bonchev–Trinajstić information content (AvgIpc) is 3.27. The highest BCUT2D eigenvalue weighted by Crippen LogP contribution is 2.31. The molecule has 0 saturated heterocycles. The molecular formula is C20H15N5. The van der Waals surface area contributed by atoms with Gasteiger partial charge in [-0.2, -0.15) is 5.10 Å². The van der Waals surface area contributed by atoms with E-state index < -0.39 is 0 Å². The van der Waals surface area contributed by atoms with Gasteiger partial charge in [-0.15, -0.1) is 0 Å². The molecule has 5 rings (SSSR count). The van der Waals surface area contributed by atoms with Crippen LogP contribution >= 0.6 is 0 Å². The van der Waals surface area contributed by atoms with Gasteiger partial charge in [-0.3, -0.25) is 9.67 Å². The molecule has 0 bridgehead atoms. The molecule has 4 aromatic heterocycles. The zero-order valence-electron chi connectivity index (χ0n) is 13.6. The van der Waals surface area contributed by atoms with Crippen molar-refractivity contribution in [3.05, 3.63) is 67.3 Å². The number of fused-ring (bicyclic) bond motifs is 2. The van der Waals surface area contributed by atoms with E-state index >= 15 is 0 Å². The third-order valence-electron chi connectivity index (χ3n) is 4.45. The lowest BCUT2D eigenvalue weighted by Crippen LogP contribution is -1.85. The van der Waals surface area contributed by atoms with Crippen molar-refractivity contribution < 1.29 is 0 Å². The van der Waals surface area contributed by atoms with Gasteiger partial charge < -0.3 is 4.98 Å². The number of rotatable bonds is 2. The zero-order chi connectivity index (χ0) is 16.8. The van der Waals surface area contributed by atoms with Crippen LogP contribution in [0.15, 0.2) is 67.3 Å². The Balaban J connectivity index is 1.64. The fourth-order valence-electron chi connectivity index (χ4n) is 3.20. The van der Waals surface area contributed by atoms with Crippen molar-refractivity contribution >= 4 is 21.9 Å². The molecule has 0 atom stereocenters. The number of benzene rings is 1. The van der Waals surface area contributed by atoms with E-state index in [9.17, 15) is 0 Å². The Hall–Kier alpha value is -3.47. The van der Waals surface area contributed by atoms with Crippen LogP contribution < -0.4 is 0 Å². The first kappa shape index (κ1) is 13.9. The summed E-state index contributed by atoms with van der Waals surface area (Å²) in [5.41, 5.74) is 6.11. The van der Waals surface area contributed by atoms with E-state index in [0.717, 1.165) is 44.3 Å². The van der Waals surface area contributed by atoms with E-state index in [4.69, 9.17) is 4.98 Å². The highest BCUT2D eigenvalue weighted by molar-refractivity contribution is 5.97. The number of aryl methyl sites for hydroxylation is 1. The van der Waals surface area contributed by atoms with Gasteiger partial charge in [0.2, 0.25) is 0 Å². The number of hydrogen-bond donors (Lipinski definition) is 1. The smallest absolute Gasteiger partial charge is 0.138 e. The van der Waals surface area contributed by atoms with Gasteiger partial charge in [-0.05, 0) is 35.9 Å². The average molecular weight is 325 g/mol. The van der Waals surface area contributed by atoms with E-state index in [2.05, 4.69) is 45.4 Å². The molecule has 5 nitrogen and oxygen atoms in total. The third-order valence-corrected chi connectivity index (χ3v) is 4.45. The van der Waals surface area contributed by atoms with Crippen LogP contribution in [0.4, 0.5) is 0 Å². The molecule has 0 fully saturated rings. The van der Waals surface area contributed by atoms with Crippen molar-refractivity contribution in [1.29, 1.82) is 0 Å². The quantitative estimate of drug-likeness (QED) is 0.530. The van der Waals surface area contributed by atoms with Crippen LogP contribution in [0.3, 0.4) is 0 Å². The minimum absolute atomic E-state index is 0.877. The molecule has 5 heteroatoms. The standard InChI is InChI=1S/C20H15N5/c1-25-12-15(10-23-25)19-7-5-16-17(11-22-20(16)24-19)13-4-6-18-14(9-13)3-2-8-21-18/h2-12H,1H3,(H,22,24). The predicted molar refractivity (Wildman–Crippen MR) is 99.0 cm³/mol. The lowest BCUT2D eigenvalue weighted by atomic mass is 10.0. The van der Waals surface area contributed by atoms with Gasteiger partial charge in [-0.1, -0.05) is 12.1 Å². The Kier molecular flexibility index (Phi) is 2.94. The summed E-state index contributed by atoms with van der Waals surface area (Å²) in [7, 11) is 1.91. The van der Waals surface area contributed by atoms with Crippen molar-refractivity contribution in [2.24, 2.45) is 7.05 Å². The SMILES string of the molecule is Cn1cc(-c2ccc3c(-c4ccc5ncccc5c4)c[nH]c3n2)cn1. The lowest BCUT2D eigenvalue weighted by molar-refractivity contribution is 0.768. The summed E-state index contributed by atoms with van der Waals surface area (Å²) in [5.74, 6) is 0. The monoisotopic (exact) mass is 325 g/mol. The number of aromatic amines is 1. The Morgan fingerprint density at radius 1 is 1.04 bits per heavy atom.